The molecule has 1 unspecified atom stereocenters. The standard InChI is InChI=1S/C13H18O2/c1-10-5-2-3-8-13(10)15-9-12(14)11-6-4-7-11/h2-3,5,8,11-12,14H,4,6-7,9H2,1H3. The molecule has 1 fully saturated rings. The fourth-order valence-electron chi connectivity index (χ4n) is 1.85. The maximum atomic E-state index is 9.80. The SMILES string of the molecule is Cc1ccccc1OCC(O)C1CCC1. The van der Waals surface area contributed by atoms with E-state index in [1.165, 1.54) is 6.42 Å². The van der Waals surface area contributed by atoms with Gasteiger partial charge in [-0.1, -0.05) is 24.6 Å². The van der Waals surface area contributed by atoms with E-state index in [0.717, 1.165) is 24.2 Å². The molecule has 0 bridgehead atoms. The van der Waals surface area contributed by atoms with E-state index in [1.807, 2.05) is 31.2 Å². The average Bonchev–Trinajstić information content (AvgIpc) is 2.14. The maximum Gasteiger partial charge on any atom is 0.122 e. The fourth-order valence-corrected chi connectivity index (χ4v) is 1.85. The van der Waals surface area contributed by atoms with E-state index < -0.39 is 0 Å². The molecule has 15 heavy (non-hydrogen) atoms. The summed E-state index contributed by atoms with van der Waals surface area (Å²) in [5.41, 5.74) is 1.12. The van der Waals surface area contributed by atoms with Crippen LogP contribution in [0, 0.1) is 12.8 Å². The Morgan fingerprint density at radius 2 is 2.13 bits per heavy atom. The van der Waals surface area contributed by atoms with Crippen LogP contribution >= 0.6 is 0 Å². The number of hydrogen-bond acceptors (Lipinski definition) is 2. The van der Waals surface area contributed by atoms with Gasteiger partial charge in [0, 0.05) is 0 Å². The van der Waals surface area contributed by atoms with E-state index >= 15 is 0 Å². The first-order valence-corrected chi connectivity index (χ1v) is 5.64. The first kappa shape index (κ1) is 10.5. The second-order valence-corrected chi connectivity index (χ2v) is 4.33. The topological polar surface area (TPSA) is 29.5 Å². The van der Waals surface area contributed by atoms with Gasteiger partial charge in [0.25, 0.3) is 0 Å². The van der Waals surface area contributed by atoms with Crippen molar-refractivity contribution in [3.8, 4) is 5.75 Å². The smallest absolute Gasteiger partial charge is 0.122 e. The summed E-state index contributed by atoms with van der Waals surface area (Å²) >= 11 is 0. The molecule has 0 amide bonds. The highest BCUT2D eigenvalue weighted by Crippen LogP contribution is 2.30. The van der Waals surface area contributed by atoms with Crippen molar-refractivity contribution in [2.75, 3.05) is 6.61 Å². The van der Waals surface area contributed by atoms with Crippen LogP contribution < -0.4 is 4.74 Å². The zero-order valence-electron chi connectivity index (χ0n) is 9.15. The molecule has 1 atom stereocenters. The van der Waals surface area contributed by atoms with Crippen LogP contribution in [0.15, 0.2) is 24.3 Å². The fraction of sp³-hybridized carbons (Fsp3) is 0.538. The predicted molar refractivity (Wildman–Crippen MR) is 60.0 cm³/mol. The molecule has 0 saturated heterocycles. The second-order valence-electron chi connectivity index (χ2n) is 4.33. The zero-order valence-corrected chi connectivity index (χ0v) is 9.15. The minimum absolute atomic E-state index is 0.293. The van der Waals surface area contributed by atoms with Gasteiger partial charge in [-0.05, 0) is 37.3 Å². The number of benzene rings is 1. The Balaban J connectivity index is 1.84. The van der Waals surface area contributed by atoms with Crippen LogP contribution in [0.1, 0.15) is 24.8 Å². The molecule has 0 heterocycles. The van der Waals surface area contributed by atoms with Crippen LogP contribution in [0.4, 0.5) is 0 Å². The highest BCUT2D eigenvalue weighted by molar-refractivity contribution is 5.31. The van der Waals surface area contributed by atoms with Crippen molar-refractivity contribution in [2.24, 2.45) is 5.92 Å². The molecule has 0 spiro atoms. The second kappa shape index (κ2) is 4.67. The molecule has 1 aliphatic carbocycles. The largest absolute Gasteiger partial charge is 0.491 e. The lowest BCUT2D eigenvalue weighted by atomic mass is 9.81. The molecule has 1 aromatic carbocycles. The highest BCUT2D eigenvalue weighted by Gasteiger charge is 2.25. The molecule has 0 aromatic heterocycles. The van der Waals surface area contributed by atoms with Crippen molar-refractivity contribution in [1.29, 1.82) is 0 Å². The maximum absolute atomic E-state index is 9.80. The van der Waals surface area contributed by atoms with Crippen LogP contribution in [-0.4, -0.2) is 17.8 Å². The quantitative estimate of drug-likeness (QED) is 0.820. The van der Waals surface area contributed by atoms with E-state index in [4.69, 9.17) is 4.74 Å². The Morgan fingerprint density at radius 1 is 1.40 bits per heavy atom. The van der Waals surface area contributed by atoms with Crippen LogP contribution in [0.2, 0.25) is 0 Å². The molecule has 1 saturated carbocycles. The van der Waals surface area contributed by atoms with Gasteiger partial charge in [-0.15, -0.1) is 0 Å². The number of para-hydroxylation sites is 1. The third-order valence-electron chi connectivity index (χ3n) is 3.20. The van der Waals surface area contributed by atoms with E-state index in [-0.39, 0.29) is 6.10 Å². The van der Waals surface area contributed by atoms with E-state index in [9.17, 15) is 5.11 Å². The van der Waals surface area contributed by atoms with Crippen molar-refractivity contribution in [3.05, 3.63) is 29.8 Å². The van der Waals surface area contributed by atoms with Crippen LogP contribution in [0.3, 0.4) is 0 Å². The molecule has 2 rings (SSSR count). The van der Waals surface area contributed by atoms with Gasteiger partial charge in [-0.25, -0.2) is 0 Å². The summed E-state index contributed by atoms with van der Waals surface area (Å²) in [5.74, 6) is 1.35. The summed E-state index contributed by atoms with van der Waals surface area (Å²) in [6, 6.07) is 7.91. The summed E-state index contributed by atoms with van der Waals surface area (Å²) in [4.78, 5) is 0. The third kappa shape index (κ3) is 2.51. The molecule has 0 radical (unpaired) electrons. The van der Waals surface area contributed by atoms with Crippen molar-refractivity contribution in [1.82, 2.24) is 0 Å². The number of aliphatic hydroxyl groups is 1. The average molecular weight is 206 g/mol. The van der Waals surface area contributed by atoms with Gasteiger partial charge in [0.05, 0.1) is 6.10 Å². The Bertz CT molecular complexity index is 318. The van der Waals surface area contributed by atoms with Gasteiger partial charge in [0.15, 0.2) is 0 Å². The first-order chi connectivity index (χ1) is 7.27. The van der Waals surface area contributed by atoms with Gasteiger partial charge < -0.3 is 9.84 Å². The molecule has 0 aliphatic heterocycles. The number of aryl methyl sites for hydroxylation is 1. The summed E-state index contributed by atoms with van der Waals surface area (Å²) < 4.78 is 5.61. The van der Waals surface area contributed by atoms with E-state index in [0.29, 0.717) is 12.5 Å². The highest BCUT2D eigenvalue weighted by atomic mass is 16.5. The lowest BCUT2D eigenvalue weighted by Gasteiger charge is -2.30. The van der Waals surface area contributed by atoms with Gasteiger partial charge in [0.1, 0.15) is 12.4 Å². The summed E-state index contributed by atoms with van der Waals surface area (Å²) in [5, 5.41) is 9.80. The van der Waals surface area contributed by atoms with Crippen LogP contribution in [0.5, 0.6) is 5.75 Å². The Hall–Kier alpha value is -1.02. The monoisotopic (exact) mass is 206 g/mol. The Labute approximate surface area is 90.9 Å². The minimum Gasteiger partial charge on any atom is -0.491 e. The Kier molecular flexibility index (Phi) is 3.27. The molecule has 2 heteroatoms. The number of aliphatic hydroxyl groups excluding tert-OH is 1. The van der Waals surface area contributed by atoms with Gasteiger partial charge >= 0.3 is 0 Å². The lowest BCUT2D eigenvalue weighted by molar-refractivity contribution is 0.0239. The zero-order chi connectivity index (χ0) is 10.7. The van der Waals surface area contributed by atoms with Crippen molar-refractivity contribution in [2.45, 2.75) is 32.3 Å². The van der Waals surface area contributed by atoms with Gasteiger partial charge in [-0.2, -0.15) is 0 Å². The normalized spacial score (nSPS) is 18.3. The van der Waals surface area contributed by atoms with Crippen LogP contribution in [0.25, 0.3) is 0 Å². The van der Waals surface area contributed by atoms with Crippen molar-refractivity contribution in [3.63, 3.8) is 0 Å². The van der Waals surface area contributed by atoms with Crippen molar-refractivity contribution < 1.29 is 9.84 Å². The molecule has 2 nitrogen and oxygen atoms in total. The molecule has 1 aliphatic rings. The molecular weight excluding hydrogens is 188 g/mol. The number of hydrogen-bond donors (Lipinski definition) is 1. The van der Waals surface area contributed by atoms with E-state index in [2.05, 4.69) is 0 Å². The van der Waals surface area contributed by atoms with Gasteiger partial charge in [0.2, 0.25) is 0 Å². The summed E-state index contributed by atoms with van der Waals surface area (Å²) in [6.07, 6.45) is 3.27. The summed E-state index contributed by atoms with van der Waals surface area (Å²) in [6.45, 7) is 2.45. The van der Waals surface area contributed by atoms with Gasteiger partial charge in [-0.3, -0.25) is 0 Å². The van der Waals surface area contributed by atoms with Crippen molar-refractivity contribution >= 4 is 0 Å². The Morgan fingerprint density at radius 3 is 2.73 bits per heavy atom. The third-order valence-corrected chi connectivity index (χ3v) is 3.20. The number of rotatable bonds is 4. The summed E-state index contributed by atoms with van der Waals surface area (Å²) in [7, 11) is 0. The predicted octanol–water partition coefficient (Wildman–Crippen LogP) is 2.53. The molecule has 82 valence electrons. The van der Waals surface area contributed by atoms with Crippen LogP contribution in [-0.2, 0) is 0 Å². The lowest BCUT2D eigenvalue weighted by Crippen LogP contribution is -2.31. The first-order valence-electron chi connectivity index (χ1n) is 5.64. The minimum atomic E-state index is -0.293. The molecule has 1 aromatic rings. The van der Waals surface area contributed by atoms with E-state index in [1.54, 1.807) is 0 Å². The number of ether oxygens (including phenoxy) is 1. The molecule has 1 N–H and O–H groups in total. The molecular formula is C13H18O2.